The third-order valence-electron chi connectivity index (χ3n) is 6.47. The monoisotopic (exact) mass is 407 g/mol. The second-order valence-electron chi connectivity index (χ2n) is 8.84. The smallest absolute Gasteiger partial charge is 0.220 e. The number of nitrogens with one attached hydrogen (secondary N) is 1. The van der Waals surface area contributed by atoms with E-state index in [0.29, 0.717) is 31.2 Å². The van der Waals surface area contributed by atoms with E-state index in [0.717, 1.165) is 57.8 Å². The van der Waals surface area contributed by atoms with Crippen LogP contribution >= 0.6 is 0 Å². The van der Waals surface area contributed by atoms with Crippen LogP contribution in [0.4, 0.5) is 0 Å². The molecule has 4 N–H and O–H groups in total. The summed E-state index contributed by atoms with van der Waals surface area (Å²) in [5.41, 5.74) is 1.47. The van der Waals surface area contributed by atoms with E-state index in [1.807, 2.05) is 6.08 Å². The lowest BCUT2D eigenvalue weighted by atomic mass is 9.90. The van der Waals surface area contributed by atoms with Crippen LogP contribution in [0, 0.1) is 17.8 Å². The molecule has 0 spiro atoms. The van der Waals surface area contributed by atoms with Gasteiger partial charge in [-0.05, 0) is 56.8 Å². The van der Waals surface area contributed by atoms with Crippen LogP contribution in [0.3, 0.4) is 0 Å². The van der Waals surface area contributed by atoms with Gasteiger partial charge in [0.2, 0.25) is 5.91 Å². The molecule has 2 fully saturated rings. The first-order chi connectivity index (χ1) is 14.0. The molecule has 2 aliphatic rings. The maximum Gasteiger partial charge on any atom is 0.220 e. The van der Waals surface area contributed by atoms with E-state index in [1.165, 1.54) is 5.57 Å². The summed E-state index contributed by atoms with van der Waals surface area (Å²) in [6.07, 6.45) is 15.6. The Morgan fingerprint density at radius 2 is 2.07 bits per heavy atom. The first kappa shape index (κ1) is 24.1. The first-order valence-electron chi connectivity index (χ1n) is 11.6. The molecule has 2 rings (SSSR count). The summed E-state index contributed by atoms with van der Waals surface area (Å²) < 4.78 is 0. The van der Waals surface area contributed by atoms with Crippen molar-refractivity contribution < 1.29 is 20.1 Å². The number of rotatable bonds is 13. The van der Waals surface area contributed by atoms with Gasteiger partial charge in [-0.1, -0.05) is 50.0 Å². The molecule has 166 valence electrons. The van der Waals surface area contributed by atoms with E-state index in [-0.39, 0.29) is 24.5 Å². The highest BCUT2D eigenvalue weighted by atomic mass is 16.3. The minimum atomic E-state index is -0.396. The van der Waals surface area contributed by atoms with Crippen LogP contribution in [0.15, 0.2) is 23.8 Å². The molecule has 0 heterocycles. The molecule has 0 aromatic rings. The van der Waals surface area contributed by atoms with Gasteiger partial charge in [0.15, 0.2) is 0 Å². The molecule has 0 unspecified atom stereocenters. The third kappa shape index (κ3) is 8.23. The van der Waals surface area contributed by atoms with Gasteiger partial charge in [-0.25, -0.2) is 0 Å². The minimum Gasteiger partial charge on any atom is -0.396 e. The van der Waals surface area contributed by atoms with Crippen LogP contribution < -0.4 is 5.32 Å². The average molecular weight is 408 g/mol. The van der Waals surface area contributed by atoms with Crippen molar-refractivity contribution in [3.63, 3.8) is 0 Å². The quantitative estimate of drug-likeness (QED) is 0.278. The maximum atomic E-state index is 11.7. The molecule has 0 aromatic carbocycles. The highest BCUT2D eigenvalue weighted by Crippen LogP contribution is 2.50. The van der Waals surface area contributed by atoms with Gasteiger partial charge in [-0.2, -0.15) is 0 Å². The summed E-state index contributed by atoms with van der Waals surface area (Å²) in [7, 11) is 0. The zero-order valence-corrected chi connectivity index (χ0v) is 18.1. The zero-order chi connectivity index (χ0) is 21.1. The number of hydrogen-bond donors (Lipinski definition) is 4. The molecule has 5 atom stereocenters. The summed E-state index contributed by atoms with van der Waals surface area (Å²) >= 11 is 0. The molecule has 29 heavy (non-hydrogen) atoms. The largest absolute Gasteiger partial charge is 0.396 e. The highest BCUT2D eigenvalue weighted by molar-refractivity contribution is 5.75. The number of carbonyl (C=O) groups is 1. The molecule has 2 aliphatic carbocycles. The molecule has 1 amide bonds. The Morgan fingerprint density at radius 1 is 1.24 bits per heavy atom. The van der Waals surface area contributed by atoms with Crippen molar-refractivity contribution in [1.82, 2.24) is 5.32 Å². The lowest BCUT2D eigenvalue weighted by Gasteiger charge is -2.17. The fourth-order valence-electron chi connectivity index (χ4n) is 4.86. The van der Waals surface area contributed by atoms with Crippen molar-refractivity contribution in [2.75, 3.05) is 13.2 Å². The number of amides is 1. The summed E-state index contributed by atoms with van der Waals surface area (Å²) in [6, 6.07) is 0. The van der Waals surface area contributed by atoms with Crippen LogP contribution in [0.5, 0.6) is 0 Å². The summed E-state index contributed by atoms with van der Waals surface area (Å²) in [4.78, 5) is 11.7. The van der Waals surface area contributed by atoms with Gasteiger partial charge in [0.1, 0.15) is 0 Å². The van der Waals surface area contributed by atoms with Crippen molar-refractivity contribution in [1.29, 1.82) is 0 Å². The Labute approximate surface area is 176 Å². The molecule has 5 heteroatoms. The van der Waals surface area contributed by atoms with Gasteiger partial charge in [0, 0.05) is 25.5 Å². The van der Waals surface area contributed by atoms with Gasteiger partial charge >= 0.3 is 0 Å². The van der Waals surface area contributed by atoms with Crippen molar-refractivity contribution in [3.8, 4) is 0 Å². The number of hydrogen-bond acceptors (Lipinski definition) is 4. The molecule has 0 saturated heterocycles. The second-order valence-corrected chi connectivity index (χ2v) is 8.84. The normalized spacial score (nSPS) is 28.9. The predicted octanol–water partition coefficient (Wildman–Crippen LogP) is 3.49. The van der Waals surface area contributed by atoms with Crippen LogP contribution in [0.25, 0.3) is 0 Å². The SMILES string of the molecule is CCCCC[C@H](O)C=C[C@@H]1[C@H]2CC(=CCCCC(=O)NCCCO)C[C@H]2C[C@H]1O. The summed E-state index contributed by atoms with van der Waals surface area (Å²) in [5.74, 6) is 1.25. The van der Waals surface area contributed by atoms with Gasteiger partial charge in [0.05, 0.1) is 12.2 Å². The van der Waals surface area contributed by atoms with Gasteiger partial charge < -0.3 is 20.6 Å². The van der Waals surface area contributed by atoms with Crippen LogP contribution in [0.1, 0.15) is 77.6 Å². The predicted molar refractivity (Wildman–Crippen MR) is 116 cm³/mol. The van der Waals surface area contributed by atoms with Crippen molar-refractivity contribution in [2.45, 2.75) is 89.8 Å². The van der Waals surface area contributed by atoms with Crippen molar-refractivity contribution in [2.24, 2.45) is 17.8 Å². The van der Waals surface area contributed by atoms with Crippen molar-refractivity contribution in [3.05, 3.63) is 23.8 Å². The molecule has 0 radical (unpaired) electrons. The lowest BCUT2D eigenvalue weighted by molar-refractivity contribution is -0.121. The van der Waals surface area contributed by atoms with E-state index >= 15 is 0 Å². The fraction of sp³-hybridized carbons (Fsp3) is 0.792. The Kier molecular flexibility index (Phi) is 11.0. The molecule has 0 bridgehead atoms. The van der Waals surface area contributed by atoms with E-state index in [2.05, 4.69) is 24.4 Å². The Bertz CT molecular complexity index is 545. The zero-order valence-electron chi connectivity index (χ0n) is 18.1. The molecule has 0 aliphatic heterocycles. The number of carbonyl (C=O) groups excluding carboxylic acids is 1. The lowest BCUT2D eigenvalue weighted by Crippen LogP contribution is -2.24. The Balaban J connectivity index is 1.73. The van der Waals surface area contributed by atoms with Gasteiger partial charge in [-0.15, -0.1) is 0 Å². The standard InChI is InChI=1S/C24H41NO4/c1-2-3-4-9-20(27)11-12-21-22-16-18(15-19(22)17-23(21)28)8-5-6-10-24(29)25-13-7-14-26/h8,11-12,19-23,26-28H,2-7,9-10,13-17H2,1H3,(H,25,29)/t19-,20-,21+,22-,23+/m0/s1. The van der Waals surface area contributed by atoms with Crippen LogP contribution in [0.2, 0.25) is 0 Å². The van der Waals surface area contributed by atoms with Crippen LogP contribution in [-0.2, 0) is 4.79 Å². The van der Waals surface area contributed by atoms with Gasteiger partial charge in [0.25, 0.3) is 0 Å². The van der Waals surface area contributed by atoms with E-state index in [4.69, 9.17) is 5.11 Å². The average Bonchev–Trinajstić information content (AvgIpc) is 3.20. The minimum absolute atomic E-state index is 0.0611. The molecule has 5 nitrogen and oxygen atoms in total. The van der Waals surface area contributed by atoms with E-state index in [9.17, 15) is 15.0 Å². The number of fused-ring (bicyclic) bond motifs is 1. The van der Waals surface area contributed by atoms with E-state index < -0.39 is 6.10 Å². The number of aliphatic hydroxyl groups excluding tert-OH is 3. The first-order valence-corrected chi connectivity index (χ1v) is 11.6. The highest BCUT2D eigenvalue weighted by Gasteiger charge is 2.44. The number of aliphatic hydroxyl groups is 3. The summed E-state index contributed by atoms with van der Waals surface area (Å²) in [6.45, 7) is 2.82. The second kappa shape index (κ2) is 13.2. The Morgan fingerprint density at radius 3 is 2.83 bits per heavy atom. The molecule has 0 aromatic heterocycles. The number of allylic oxidation sites excluding steroid dienone is 2. The molecular weight excluding hydrogens is 366 g/mol. The third-order valence-corrected chi connectivity index (χ3v) is 6.47. The molecule has 2 saturated carbocycles. The summed E-state index contributed by atoms with van der Waals surface area (Å²) in [5, 5.41) is 32.2. The van der Waals surface area contributed by atoms with E-state index in [1.54, 1.807) is 0 Å². The maximum absolute atomic E-state index is 11.7. The topological polar surface area (TPSA) is 89.8 Å². The fourth-order valence-corrected chi connectivity index (χ4v) is 4.86. The van der Waals surface area contributed by atoms with Crippen LogP contribution in [-0.4, -0.2) is 46.6 Å². The molecular formula is C24H41NO4. The van der Waals surface area contributed by atoms with Gasteiger partial charge in [-0.3, -0.25) is 4.79 Å². The Hall–Kier alpha value is -1.17. The van der Waals surface area contributed by atoms with Crippen molar-refractivity contribution >= 4 is 5.91 Å². The number of unbranched alkanes of at least 4 members (excludes halogenated alkanes) is 3.